The molecule has 0 unspecified atom stereocenters. The summed E-state index contributed by atoms with van der Waals surface area (Å²) in [5, 5.41) is 5.08. The van der Waals surface area contributed by atoms with Crippen molar-refractivity contribution in [1.29, 1.82) is 0 Å². The van der Waals surface area contributed by atoms with Crippen LogP contribution in [0, 0.1) is 0 Å². The molecule has 0 spiro atoms. The number of hydrogen-bond acceptors (Lipinski definition) is 1. The highest BCUT2D eigenvalue weighted by Gasteiger charge is 2.36. The van der Waals surface area contributed by atoms with Gasteiger partial charge in [-0.15, -0.1) is 0 Å². The number of anilines is 3. The van der Waals surface area contributed by atoms with E-state index in [1.807, 2.05) is 0 Å². The zero-order valence-corrected chi connectivity index (χ0v) is 27.2. The molecule has 0 atom stereocenters. The van der Waals surface area contributed by atoms with Crippen LogP contribution in [0.3, 0.4) is 0 Å². The summed E-state index contributed by atoms with van der Waals surface area (Å²) in [6.45, 7) is 4.77. The van der Waals surface area contributed by atoms with Crippen LogP contribution in [0.1, 0.15) is 25.0 Å². The Hall–Kier alpha value is -5.92. The van der Waals surface area contributed by atoms with E-state index >= 15 is 0 Å². The molecular formula is C47H35N. The van der Waals surface area contributed by atoms with Gasteiger partial charge in [0, 0.05) is 22.4 Å². The summed E-state index contributed by atoms with van der Waals surface area (Å²) in [7, 11) is 0. The third-order valence-corrected chi connectivity index (χ3v) is 10.2. The lowest BCUT2D eigenvalue weighted by atomic mass is 9.67. The van der Waals surface area contributed by atoms with E-state index in [0.717, 1.165) is 11.4 Å². The molecule has 0 bridgehead atoms. The fraction of sp³-hybridized carbons (Fsp3) is 0.0638. The minimum absolute atomic E-state index is 0.170. The van der Waals surface area contributed by atoms with Crippen molar-refractivity contribution in [1.82, 2.24) is 0 Å². The minimum Gasteiger partial charge on any atom is -0.310 e. The summed E-state index contributed by atoms with van der Waals surface area (Å²) in [5.74, 6) is 0. The molecule has 0 heterocycles. The molecule has 48 heavy (non-hydrogen) atoms. The second-order valence-corrected chi connectivity index (χ2v) is 13.4. The highest BCUT2D eigenvalue weighted by molar-refractivity contribution is 6.10. The molecule has 0 aromatic heterocycles. The fourth-order valence-electron chi connectivity index (χ4n) is 7.76. The number of rotatable bonds is 5. The van der Waals surface area contributed by atoms with Gasteiger partial charge in [0.05, 0.1) is 5.69 Å². The predicted molar refractivity (Wildman–Crippen MR) is 205 cm³/mol. The van der Waals surface area contributed by atoms with Crippen molar-refractivity contribution in [2.75, 3.05) is 4.90 Å². The second kappa shape index (κ2) is 11.1. The van der Waals surface area contributed by atoms with Crippen molar-refractivity contribution >= 4 is 38.6 Å². The van der Waals surface area contributed by atoms with Crippen LogP contribution in [0.25, 0.3) is 54.9 Å². The molecule has 9 rings (SSSR count). The fourth-order valence-corrected chi connectivity index (χ4v) is 7.76. The van der Waals surface area contributed by atoms with Gasteiger partial charge in [-0.25, -0.2) is 0 Å². The summed E-state index contributed by atoms with van der Waals surface area (Å²) >= 11 is 0. The zero-order valence-electron chi connectivity index (χ0n) is 27.2. The molecule has 1 nitrogen and oxygen atoms in total. The average Bonchev–Trinajstić information content (AvgIpc) is 3.15. The van der Waals surface area contributed by atoms with Gasteiger partial charge in [0.1, 0.15) is 0 Å². The van der Waals surface area contributed by atoms with Crippen LogP contribution in [-0.4, -0.2) is 0 Å². The largest absolute Gasteiger partial charge is 0.310 e. The third kappa shape index (κ3) is 4.54. The SMILES string of the molecule is CC1(C)c2cc(-c3ccccc3)ccc2-c2c(N(c3ccc(-c4ccccc4)cc3)c3ccc4ccccc4c3)ccc3cccc1c23. The Bertz CT molecular complexity index is 2460. The van der Waals surface area contributed by atoms with Gasteiger partial charge >= 0.3 is 0 Å². The van der Waals surface area contributed by atoms with Gasteiger partial charge in [0.25, 0.3) is 0 Å². The molecule has 0 amide bonds. The quantitative estimate of drug-likeness (QED) is 0.187. The van der Waals surface area contributed by atoms with Gasteiger partial charge in [-0.2, -0.15) is 0 Å². The van der Waals surface area contributed by atoms with Gasteiger partial charge in [-0.1, -0.05) is 153 Å². The van der Waals surface area contributed by atoms with Gasteiger partial charge in [0.15, 0.2) is 0 Å². The first-order chi connectivity index (χ1) is 23.6. The van der Waals surface area contributed by atoms with E-state index in [0.29, 0.717) is 0 Å². The Balaban J connectivity index is 1.32. The molecule has 228 valence electrons. The maximum absolute atomic E-state index is 2.46. The van der Waals surface area contributed by atoms with Crippen LogP contribution in [-0.2, 0) is 5.41 Å². The number of nitrogens with zero attached hydrogens (tertiary/aromatic N) is 1. The minimum atomic E-state index is -0.170. The van der Waals surface area contributed by atoms with Crippen LogP contribution in [0.2, 0.25) is 0 Å². The van der Waals surface area contributed by atoms with Crippen molar-refractivity contribution in [2.24, 2.45) is 0 Å². The number of benzene rings is 8. The standard InChI is InChI=1S/C47H35N/c1-47(2)42-19-11-18-36-24-29-44(46(45(36)42)41-28-23-38(31-43(41)47)33-14-7-4-8-15-33)48(40-27-22-34-16-9-10-17-37(34)30-40)39-25-20-35(21-26-39)32-12-5-3-6-13-32/h3-31H,1-2H3. The maximum Gasteiger partial charge on any atom is 0.0546 e. The summed E-state index contributed by atoms with van der Waals surface area (Å²) in [4.78, 5) is 2.46. The van der Waals surface area contributed by atoms with E-state index in [-0.39, 0.29) is 5.41 Å². The van der Waals surface area contributed by atoms with Gasteiger partial charge in [-0.3, -0.25) is 0 Å². The molecule has 1 heteroatoms. The lowest BCUT2D eigenvalue weighted by molar-refractivity contribution is 0.645. The highest BCUT2D eigenvalue weighted by atomic mass is 15.1. The van der Waals surface area contributed by atoms with Gasteiger partial charge in [-0.05, 0) is 96.9 Å². The van der Waals surface area contributed by atoms with Crippen molar-refractivity contribution in [3.05, 3.63) is 187 Å². The molecule has 0 N–H and O–H groups in total. The van der Waals surface area contributed by atoms with Gasteiger partial charge < -0.3 is 4.90 Å². The third-order valence-electron chi connectivity index (χ3n) is 10.2. The summed E-state index contributed by atoms with van der Waals surface area (Å²) < 4.78 is 0. The Morgan fingerprint density at radius 1 is 0.396 bits per heavy atom. The molecule has 0 fully saturated rings. The van der Waals surface area contributed by atoms with E-state index in [4.69, 9.17) is 0 Å². The average molecular weight is 614 g/mol. The first kappa shape index (κ1) is 28.3. The van der Waals surface area contributed by atoms with Crippen LogP contribution >= 0.6 is 0 Å². The Labute approximate surface area is 282 Å². The molecule has 1 aliphatic carbocycles. The molecular weight excluding hydrogens is 579 g/mol. The summed E-state index contributed by atoms with van der Waals surface area (Å²) in [6.07, 6.45) is 0. The van der Waals surface area contributed by atoms with Crippen molar-refractivity contribution in [2.45, 2.75) is 19.3 Å². The molecule has 0 radical (unpaired) electrons. The van der Waals surface area contributed by atoms with Crippen molar-refractivity contribution in [3.8, 4) is 33.4 Å². The molecule has 0 saturated heterocycles. The van der Waals surface area contributed by atoms with Crippen LogP contribution in [0.4, 0.5) is 17.1 Å². The number of hydrogen-bond donors (Lipinski definition) is 0. The summed E-state index contributed by atoms with van der Waals surface area (Å²) in [5.41, 5.74) is 13.5. The predicted octanol–water partition coefficient (Wildman–Crippen LogP) is 13.1. The lowest BCUT2D eigenvalue weighted by Gasteiger charge is -2.38. The number of fused-ring (bicyclic) bond motifs is 3. The molecule has 8 aromatic rings. The smallest absolute Gasteiger partial charge is 0.0546 e. The summed E-state index contributed by atoms with van der Waals surface area (Å²) in [6, 6.07) is 64.4. The highest BCUT2D eigenvalue weighted by Crippen LogP contribution is 2.54. The van der Waals surface area contributed by atoms with Gasteiger partial charge in [0.2, 0.25) is 0 Å². The molecule has 0 saturated carbocycles. The monoisotopic (exact) mass is 613 g/mol. The van der Waals surface area contributed by atoms with Crippen molar-refractivity contribution < 1.29 is 0 Å². The topological polar surface area (TPSA) is 3.24 Å². The van der Waals surface area contributed by atoms with Crippen LogP contribution in [0.15, 0.2) is 176 Å². The van der Waals surface area contributed by atoms with E-state index in [1.165, 1.54) is 71.7 Å². The van der Waals surface area contributed by atoms with E-state index in [1.54, 1.807) is 0 Å². The molecule has 0 aliphatic heterocycles. The Morgan fingerprint density at radius 2 is 0.979 bits per heavy atom. The van der Waals surface area contributed by atoms with Crippen LogP contribution in [0.5, 0.6) is 0 Å². The van der Waals surface area contributed by atoms with E-state index < -0.39 is 0 Å². The molecule has 8 aromatic carbocycles. The normalized spacial score (nSPS) is 13.0. The second-order valence-electron chi connectivity index (χ2n) is 13.4. The van der Waals surface area contributed by atoms with Crippen LogP contribution < -0.4 is 4.90 Å². The van der Waals surface area contributed by atoms with E-state index in [9.17, 15) is 0 Å². The van der Waals surface area contributed by atoms with Crippen molar-refractivity contribution in [3.63, 3.8) is 0 Å². The lowest BCUT2D eigenvalue weighted by Crippen LogP contribution is -2.24. The maximum atomic E-state index is 2.46. The Kier molecular flexibility index (Phi) is 6.55. The van der Waals surface area contributed by atoms with E-state index in [2.05, 4.69) is 195 Å². The zero-order chi connectivity index (χ0) is 32.2. The first-order valence-corrected chi connectivity index (χ1v) is 16.8. The molecule has 1 aliphatic rings. The Morgan fingerprint density at radius 3 is 1.73 bits per heavy atom. The first-order valence-electron chi connectivity index (χ1n) is 16.8.